The summed E-state index contributed by atoms with van der Waals surface area (Å²) in [5.74, 6) is -1.01. The first-order valence-corrected chi connectivity index (χ1v) is 8.10. The monoisotopic (exact) mass is 351 g/mol. The van der Waals surface area contributed by atoms with E-state index in [1.165, 1.54) is 0 Å². The third kappa shape index (κ3) is 2.84. The number of aliphatic carboxylic acids is 1. The SMILES string of the molecule is O=C(O)[C@H]1CC[C@@H](NC(=O)C2(c3cccc(Br)c3)CC2)C1. The maximum atomic E-state index is 12.6. The highest BCUT2D eigenvalue weighted by Crippen LogP contribution is 2.49. The Morgan fingerprint density at radius 3 is 2.62 bits per heavy atom. The van der Waals surface area contributed by atoms with Crippen molar-refractivity contribution in [1.82, 2.24) is 5.32 Å². The van der Waals surface area contributed by atoms with Crippen molar-refractivity contribution in [1.29, 1.82) is 0 Å². The van der Waals surface area contributed by atoms with E-state index in [1.54, 1.807) is 0 Å². The zero-order valence-corrected chi connectivity index (χ0v) is 13.2. The second-order valence-electron chi connectivity index (χ2n) is 6.11. The number of carbonyl (C=O) groups excluding carboxylic acids is 1. The number of amides is 1. The molecule has 0 heterocycles. The largest absolute Gasteiger partial charge is 0.481 e. The average Bonchev–Trinajstić information content (AvgIpc) is 3.13. The number of carboxylic acids is 1. The summed E-state index contributed by atoms with van der Waals surface area (Å²) >= 11 is 3.45. The van der Waals surface area contributed by atoms with E-state index in [-0.39, 0.29) is 17.9 Å². The topological polar surface area (TPSA) is 66.4 Å². The molecule has 2 aliphatic rings. The van der Waals surface area contributed by atoms with Gasteiger partial charge in [0.25, 0.3) is 0 Å². The van der Waals surface area contributed by atoms with E-state index in [0.717, 1.165) is 29.3 Å². The molecule has 0 unspecified atom stereocenters. The third-order valence-electron chi connectivity index (χ3n) is 4.68. The molecule has 112 valence electrons. The zero-order chi connectivity index (χ0) is 15.0. The molecule has 2 atom stereocenters. The van der Waals surface area contributed by atoms with Crippen LogP contribution in [0.15, 0.2) is 28.7 Å². The van der Waals surface area contributed by atoms with Crippen LogP contribution in [-0.4, -0.2) is 23.0 Å². The first kappa shape index (κ1) is 14.6. The van der Waals surface area contributed by atoms with Crippen LogP contribution in [0.1, 0.15) is 37.7 Å². The Labute approximate surface area is 132 Å². The van der Waals surface area contributed by atoms with E-state index in [0.29, 0.717) is 12.8 Å². The Hall–Kier alpha value is -1.36. The fourth-order valence-corrected chi connectivity index (χ4v) is 3.62. The highest BCUT2D eigenvalue weighted by atomic mass is 79.9. The summed E-state index contributed by atoms with van der Waals surface area (Å²) in [6, 6.07) is 7.89. The van der Waals surface area contributed by atoms with E-state index in [2.05, 4.69) is 21.2 Å². The Kier molecular flexibility index (Phi) is 3.78. The number of nitrogens with one attached hydrogen (secondary N) is 1. The van der Waals surface area contributed by atoms with Gasteiger partial charge in [0, 0.05) is 10.5 Å². The molecule has 2 aliphatic carbocycles. The fraction of sp³-hybridized carbons (Fsp3) is 0.500. The Balaban J connectivity index is 1.67. The van der Waals surface area contributed by atoms with Crippen LogP contribution in [-0.2, 0) is 15.0 Å². The van der Waals surface area contributed by atoms with Gasteiger partial charge in [-0.3, -0.25) is 9.59 Å². The number of rotatable bonds is 4. The van der Waals surface area contributed by atoms with E-state index in [1.807, 2.05) is 24.3 Å². The molecule has 0 radical (unpaired) electrons. The number of benzene rings is 1. The molecule has 0 aliphatic heterocycles. The first-order chi connectivity index (χ1) is 10.0. The number of carboxylic acid groups (broad SMARTS) is 1. The highest BCUT2D eigenvalue weighted by molar-refractivity contribution is 9.10. The summed E-state index contributed by atoms with van der Waals surface area (Å²) in [6.45, 7) is 0. The molecule has 2 saturated carbocycles. The lowest BCUT2D eigenvalue weighted by atomic mass is 9.94. The molecular formula is C16H18BrNO3. The lowest BCUT2D eigenvalue weighted by Gasteiger charge is -2.20. The van der Waals surface area contributed by atoms with E-state index in [4.69, 9.17) is 5.11 Å². The van der Waals surface area contributed by atoms with Crippen molar-refractivity contribution in [3.05, 3.63) is 34.3 Å². The van der Waals surface area contributed by atoms with Gasteiger partial charge in [0.05, 0.1) is 11.3 Å². The molecule has 21 heavy (non-hydrogen) atoms. The molecule has 1 amide bonds. The van der Waals surface area contributed by atoms with E-state index >= 15 is 0 Å². The van der Waals surface area contributed by atoms with Crippen LogP contribution in [0.25, 0.3) is 0 Å². The van der Waals surface area contributed by atoms with Gasteiger partial charge in [-0.05, 0) is 49.8 Å². The molecule has 2 N–H and O–H groups in total. The van der Waals surface area contributed by atoms with Crippen molar-refractivity contribution in [2.45, 2.75) is 43.6 Å². The maximum Gasteiger partial charge on any atom is 0.306 e. The Morgan fingerprint density at radius 2 is 2.05 bits per heavy atom. The maximum absolute atomic E-state index is 12.6. The third-order valence-corrected chi connectivity index (χ3v) is 5.17. The predicted octanol–water partition coefficient (Wildman–Crippen LogP) is 2.85. The van der Waals surface area contributed by atoms with Gasteiger partial charge >= 0.3 is 5.97 Å². The molecule has 2 fully saturated rings. The van der Waals surface area contributed by atoms with Crippen LogP contribution in [0.3, 0.4) is 0 Å². The normalized spacial score (nSPS) is 26.3. The van der Waals surface area contributed by atoms with Crippen LogP contribution >= 0.6 is 15.9 Å². The molecule has 0 aromatic heterocycles. The summed E-state index contributed by atoms with van der Waals surface area (Å²) < 4.78 is 0.978. The molecule has 5 heteroatoms. The van der Waals surface area contributed by atoms with Crippen molar-refractivity contribution < 1.29 is 14.7 Å². The minimum Gasteiger partial charge on any atom is -0.481 e. The van der Waals surface area contributed by atoms with Gasteiger partial charge in [-0.25, -0.2) is 0 Å². The number of carbonyl (C=O) groups is 2. The summed E-state index contributed by atoms with van der Waals surface area (Å²) in [6.07, 6.45) is 3.70. The molecule has 1 aromatic rings. The molecule has 0 bridgehead atoms. The average molecular weight is 352 g/mol. The second kappa shape index (κ2) is 5.44. The zero-order valence-electron chi connectivity index (χ0n) is 11.6. The van der Waals surface area contributed by atoms with E-state index in [9.17, 15) is 9.59 Å². The quantitative estimate of drug-likeness (QED) is 0.876. The molecule has 0 saturated heterocycles. The lowest BCUT2D eigenvalue weighted by molar-refractivity contribution is -0.141. The van der Waals surface area contributed by atoms with Gasteiger partial charge in [-0.1, -0.05) is 28.1 Å². The minimum atomic E-state index is -0.750. The van der Waals surface area contributed by atoms with Gasteiger partial charge in [0.2, 0.25) is 5.91 Å². The van der Waals surface area contributed by atoms with Crippen LogP contribution < -0.4 is 5.32 Å². The minimum absolute atomic E-state index is 0.00299. The number of hydrogen-bond donors (Lipinski definition) is 2. The Bertz CT molecular complexity index is 583. The molecule has 4 nitrogen and oxygen atoms in total. The van der Waals surface area contributed by atoms with Gasteiger partial charge < -0.3 is 10.4 Å². The van der Waals surface area contributed by atoms with Gasteiger partial charge in [0.1, 0.15) is 0 Å². The van der Waals surface area contributed by atoms with Crippen LogP contribution in [0, 0.1) is 5.92 Å². The fourth-order valence-electron chi connectivity index (χ4n) is 3.22. The Morgan fingerprint density at radius 1 is 1.29 bits per heavy atom. The summed E-state index contributed by atoms with van der Waals surface area (Å²) in [5, 5.41) is 12.1. The van der Waals surface area contributed by atoms with E-state index < -0.39 is 11.4 Å². The smallest absolute Gasteiger partial charge is 0.306 e. The second-order valence-corrected chi connectivity index (χ2v) is 7.03. The summed E-state index contributed by atoms with van der Waals surface area (Å²) in [7, 11) is 0. The van der Waals surface area contributed by atoms with Crippen molar-refractivity contribution in [2.24, 2.45) is 5.92 Å². The number of hydrogen-bond acceptors (Lipinski definition) is 2. The van der Waals surface area contributed by atoms with Crippen LogP contribution in [0.4, 0.5) is 0 Å². The molecule has 3 rings (SSSR count). The van der Waals surface area contributed by atoms with Crippen molar-refractivity contribution >= 4 is 27.8 Å². The molecular weight excluding hydrogens is 334 g/mol. The predicted molar refractivity (Wildman–Crippen MR) is 82.0 cm³/mol. The summed E-state index contributed by atoms with van der Waals surface area (Å²) in [4.78, 5) is 23.6. The summed E-state index contributed by atoms with van der Waals surface area (Å²) in [5.41, 5.74) is 0.646. The van der Waals surface area contributed by atoms with Gasteiger partial charge in [-0.2, -0.15) is 0 Å². The molecule has 1 aromatic carbocycles. The standard InChI is InChI=1S/C16H18BrNO3/c17-12-3-1-2-11(9-12)16(6-7-16)15(21)18-13-5-4-10(8-13)14(19)20/h1-3,9-10,13H,4-8H2,(H,18,21)(H,19,20)/t10-,13+/m0/s1. The van der Waals surface area contributed by atoms with Crippen molar-refractivity contribution in [3.8, 4) is 0 Å². The van der Waals surface area contributed by atoms with Crippen LogP contribution in [0.5, 0.6) is 0 Å². The van der Waals surface area contributed by atoms with Crippen molar-refractivity contribution in [2.75, 3.05) is 0 Å². The van der Waals surface area contributed by atoms with Gasteiger partial charge in [0.15, 0.2) is 0 Å². The lowest BCUT2D eigenvalue weighted by Crippen LogP contribution is -2.40. The van der Waals surface area contributed by atoms with Crippen LogP contribution in [0.2, 0.25) is 0 Å². The highest BCUT2D eigenvalue weighted by Gasteiger charge is 2.52. The van der Waals surface area contributed by atoms with Crippen molar-refractivity contribution in [3.63, 3.8) is 0 Å². The first-order valence-electron chi connectivity index (χ1n) is 7.31. The molecule has 0 spiro atoms. The number of halogens is 1. The van der Waals surface area contributed by atoms with Gasteiger partial charge in [-0.15, -0.1) is 0 Å².